The maximum Gasteiger partial charge on any atom is 0.0125 e. The van der Waals surface area contributed by atoms with Crippen molar-refractivity contribution in [2.75, 3.05) is 20.1 Å². The van der Waals surface area contributed by atoms with Gasteiger partial charge in [-0.15, -0.1) is 0 Å². The topological polar surface area (TPSA) is 6.48 Å². The van der Waals surface area contributed by atoms with Gasteiger partial charge in [-0.25, -0.2) is 0 Å². The van der Waals surface area contributed by atoms with Crippen LogP contribution in [0.25, 0.3) is 0 Å². The van der Waals surface area contributed by atoms with Crippen molar-refractivity contribution >= 4 is 0 Å². The van der Waals surface area contributed by atoms with E-state index in [0.29, 0.717) is 0 Å². The molecule has 1 saturated carbocycles. The maximum atomic E-state index is 2.83. The third-order valence-corrected chi connectivity index (χ3v) is 4.48. The summed E-state index contributed by atoms with van der Waals surface area (Å²) in [7, 11) is 2.25. The molecule has 0 spiro atoms. The summed E-state index contributed by atoms with van der Waals surface area (Å²) >= 11 is 0. The minimum atomic E-state index is 0.728. The lowest BCUT2D eigenvalue weighted by Crippen LogP contribution is -2.55. The minimum absolute atomic E-state index is 0.728. The van der Waals surface area contributed by atoms with Crippen LogP contribution in [0, 0.1) is 5.92 Å². The number of likely N-dealkylation sites (tertiary alicyclic amines) is 1. The van der Waals surface area contributed by atoms with E-state index in [0.717, 1.165) is 24.0 Å². The lowest BCUT2D eigenvalue weighted by atomic mass is 9.79. The molecule has 1 saturated heterocycles. The second kappa shape index (κ2) is 5.05. The molecule has 0 N–H and O–H groups in total. The van der Waals surface area contributed by atoms with E-state index in [1.54, 1.807) is 0 Å². The van der Waals surface area contributed by atoms with Crippen LogP contribution in [0.1, 0.15) is 46.5 Å². The Morgan fingerprint density at radius 2 is 1.62 bits per heavy atom. The lowest BCUT2D eigenvalue weighted by Gasteiger charge is -2.49. The Kier molecular flexibility index (Phi) is 3.91. The molecule has 0 aromatic heterocycles. The molecule has 0 bridgehead atoms. The Bertz CT molecular complexity index is 213. The van der Waals surface area contributed by atoms with E-state index in [1.165, 1.54) is 38.8 Å². The van der Waals surface area contributed by atoms with E-state index in [2.05, 4.69) is 37.6 Å². The Morgan fingerprint density at radius 1 is 1.06 bits per heavy atom. The highest BCUT2D eigenvalue weighted by molar-refractivity contribution is 4.91. The smallest absolute Gasteiger partial charge is 0.0125 e. The van der Waals surface area contributed by atoms with E-state index in [9.17, 15) is 0 Å². The zero-order valence-electron chi connectivity index (χ0n) is 11.4. The molecule has 16 heavy (non-hydrogen) atoms. The summed E-state index contributed by atoms with van der Waals surface area (Å²) < 4.78 is 0. The standard InChI is InChI=1S/C14H28N2/c1-11(2)16(14-9-12(3)10-14)13-5-7-15(4)8-6-13/h11-14H,5-10H2,1-4H3. The van der Waals surface area contributed by atoms with Crippen molar-refractivity contribution in [3.63, 3.8) is 0 Å². The molecule has 2 nitrogen and oxygen atoms in total. The van der Waals surface area contributed by atoms with Gasteiger partial charge in [-0.05, 0) is 65.6 Å². The van der Waals surface area contributed by atoms with Crippen molar-refractivity contribution in [2.45, 2.75) is 64.6 Å². The first-order valence-electron chi connectivity index (χ1n) is 7.04. The van der Waals surface area contributed by atoms with Crippen LogP contribution in [-0.2, 0) is 0 Å². The molecule has 0 radical (unpaired) electrons. The summed E-state index contributed by atoms with van der Waals surface area (Å²) in [6, 6.07) is 2.48. The van der Waals surface area contributed by atoms with Gasteiger partial charge in [0.05, 0.1) is 0 Å². The van der Waals surface area contributed by atoms with Crippen LogP contribution in [0.2, 0.25) is 0 Å². The summed E-state index contributed by atoms with van der Waals surface area (Å²) in [5.41, 5.74) is 0. The van der Waals surface area contributed by atoms with E-state index in [1.807, 2.05) is 0 Å². The van der Waals surface area contributed by atoms with Crippen LogP contribution in [0.5, 0.6) is 0 Å². The monoisotopic (exact) mass is 224 g/mol. The fraction of sp³-hybridized carbons (Fsp3) is 1.00. The molecule has 1 aliphatic carbocycles. The van der Waals surface area contributed by atoms with Crippen LogP contribution in [0.4, 0.5) is 0 Å². The zero-order valence-corrected chi connectivity index (χ0v) is 11.4. The van der Waals surface area contributed by atoms with Crippen LogP contribution < -0.4 is 0 Å². The van der Waals surface area contributed by atoms with Gasteiger partial charge in [-0.1, -0.05) is 6.92 Å². The van der Waals surface area contributed by atoms with E-state index in [-0.39, 0.29) is 0 Å². The average molecular weight is 224 g/mol. The number of rotatable bonds is 3. The molecule has 0 atom stereocenters. The summed E-state index contributed by atoms with van der Waals surface area (Å²) in [4.78, 5) is 5.30. The highest BCUT2D eigenvalue weighted by Crippen LogP contribution is 2.35. The molecule has 0 aromatic carbocycles. The SMILES string of the molecule is CC1CC(N(C(C)C)C2CCN(C)CC2)C1. The predicted octanol–water partition coefficient (Wildman–Crippen LogP) is 2.59. The quantitative estimate of drug-likeness (QED) is 0.727. The van der Waals surface area contributed by atoms with Crippen molar-refractivity contribution in [3.8, 4) is 0 Å². The van der Waals surface area contributed by atoms with Crippen LogP contribution >= 0.6 is 0 Å². The Morgan fingerprint density at radius 3 is 2.06 bits per heavy atom. The number of hydrogen-bond acceptors (Lipinski definition) is 2. The first kappa shape index (κ1) is 12.4. The van der Waals surface area contributed by atoms with Gasteiger partial charge in [-0.2, -0.15) is 0 Å². The van der Waals surface area contributed by atoms with Crippen LogP contribution in [0.15, 0.2) is 0 Å². The van der Waals surface area contributed by atoms with Crippen molar-refractivity contribution in [3.05, 3.63) is 0 Å². The summed E-state index contributed by atoms with van der Waals surface area (Å²) in [6.07, 6.45) is 5.62. The molecular formula is C14H28N2. The van der Waals surface area contributed by atoms with Crippen molar-refractivity contribution in [1.82, 2.24) is 9.80 Å². The van der Waals surface area contributed by atoms with Gasteiger partial charge in [0.2, 0.25) is 0 Å². The number of nitrogens with zero attached hydrogens (tertiary/aromatic N) is 2. The molecule has 94 valence electrons. The molecule has 1 aliphatic heterocycles. The van der Waals surface area contributed by atoms with Gasteiger partial charge in [0.15, 0.2) is 0 Å². The van der Waals surface area contributed by atoms with Gasteiger partial charge in [0.25, 0.3) is 0 Å². The average Bonchev–Trinajstić information content (AvgIpc) is 2.18. The third-order valence-electron chi connectivity index (χ3n) is 4.48. The molecule has 0 aromatic rings. The van der Waals surface area contributed by atoms with E-state index < -0.39 is 0 Å². The Balaban J connectivity index is 1.92. The van der Waals surface area contributed by atoms with Crippen LogP contribution in [0.3, 0.4) is 0 Å². The van der Waals surface area contributed by atoms with Gasteiger partial charge in [0.1, 0.15) is 0 Å². The second-order valence-electron chi connectivity index (χ2n) is 6.31. The highest BCUT2D eigenvalue weighted by Gasteiger charge is 2.36. The van der Waals surface area contributed by atoms with E-state index in [4.69, 9.17) is 0 Å². The minimum Gasteiger partial charge on any atom is -0.306 e. The zero-order chi connectivity index (χ0) is 11.7. The fourth-order valence-corrected chi connectivity index (χ4v) is 3.54. The molecule has 2 fully saturated rings. The Hall–Kier alpha value is -0.0800. The van der Waals surface area contributed by atoms with Gasteiger partial charge in [-0.3, -0.25) is 4.90 Å². The normalized spacial score (nSPS) is 33.4. The molecule has 0 unspecified atom stereocenters. The third kappa shape index (κ3) is 2.60. The van der Waals surface area contributed by atoms with Crippen LogP contribution in [-0.4, -0.2) is 48.1 Å². The highest BCUT2D eigenvalue weighted by atomic mass is 15.2. The second-order valence-corrected chi connectivity index (χ2v) is 6.31. The summed E-state index contributed by atoms with van der Waals surface area (Å²) in [6.45, 7) is 9.72. The molecular weight excluding hydrogens is 196 g/mol. The van der Waals surface area contributed by atoms with Crippen molar-refractivity contribution < 1.29 is 0 Å². The number of hydrogen-bond donors (Lipinski definition) is 0. The predicted molar refractivity (Wildman–Crippen MR) is 69.7 cm³/mol. The first-order valence-corrected chi connectivity index (χ1v) is 7.04. The van der Waals surface area contributed by atoms with E-state index >= 15 is 0 Å². The summed E-state index contributed by atoms with van der Waals surface area (Å²) in [5, 5.41) is 0. The fourth-order valence-electron chi connectivity index (χ4n) is 3.54. The first-order chi connectivity index (χ1) is 7.58. The molecule has 0 amide bonds. The van der Waals surface area contributed by atoms with Gasteiger partial charge < -0.3 is 4.90 Å². The lowest BCUT2D eigenvalue weighted by molar-refractivity contribution is -0.000200. The molecule has 2 rings (SSSR count). The maximum absolute atomic E-state index is 2.83. The van der Waals surface area contributed by atoms with Crippen molar-refractivity contribution in [2.24, 2.45) is 5.92 Å². The number of piperidine rings is 1. The molecule has 1 heterocycles. The Labute approximate surface area is 101 Å². The molecule has 2 heteroatoms. The molecule has 2 aliphatic rings. The van der Waals surface area contributed by atoms with Gasteiger partial charge in [0, 0.05) is 18.1 Å². The van der Waals surface area contributed by atoms with Gasteiger partial charge >= 0.3 is 0 Å². The summed E-state index contributed by atoms with van der Waals surface area (Å²) in [5.74, 6) is 0.970. The largest absolute Gasteiger partial charge is 0.306 e. The van der Waals surface area contributed by atoms with Crippen molar-refractivity contribution in [1.29, 1.82) is 0 Å².